The Balaban J connectivity index is 2.23. The van der Waals surface area contributed by atoms with Crippen molar-refractivity contribution in [2.75, 3.05) is 14.2 Å². The second-order valence-electron chi connectivity index (χ2n) is 7.70. The normalized spacial score (nSPS) is 17.6. The van der Waals surface area contributed by atoms with Crippen molar-refractivity contribution in [2.24, 2.45) is 5.92 Å². The molecular weight excluding hydrogens is 392 g/mol. The number of sulfonamides is 1. The number of nitrogens with zero attached hydrogens (tertiary/aromatic N) is 1. The molecule has 0 bridgehead atoms. The summed E-state index contributed by atoms with van der Waals surface area (Å²) in [6.07, 6.45) is 5.57. The Hall–Kier alpha value is -1.93. The van der Waals surface area contributed by atoms with E-state index in [1.54, 1.807) is 19.2 Å². The molecule has 29 heavy (non-hydrogen) atoms. The number of carbonyl (C=O) groups is 2. The molecule has 162 valence electrons. The first kappa shape index (κ1) is 23.3. The third-order valence-corrected chi connectivity index (χ3v) is 7.72. The molecule has 0 spiro atoms. The van der Waals surface area contributed by atoms with E-state index in [2.05, 4.69) is 5.32 Å². The minimum atomic E-state index is -3.70. The van der Waals surface area contributed by atoms with E-state index < -0.39 is 27.9 Å². The van der Waals surface area contributed by atoms with Crippen molar-refractivity contribution >= 4 is 21.9 Å². The van der Waals surface area contributed by atoms with Gasteiger partial charge in [-0.05, 0) is 37.0 Å². The third kappa shape index (κ3) is 5.57. The Morgan fingerprint density at radius 3 is 2.48 bits per heavy atom. The minimum absolute atomic E-state index is 0.0136. The van der Waals surface area contributed by atoms with Crippen molar-refractivity contribution < 1.29 is 22.7 Å². The first-order chi connectivity index (χ1) is 13.7. The van der Waals surface area contributed by atoms with Crippen LogP contribution in [0.15, 0.2) is 29.2 Å². The van der Waals surface area contributed by atoms with Crippen LogP contribution in [0.3, 0.4) is 0 Å². The van der Waals surface area contributed by atoms with E-state index in [1.807, 2.05) is 13.8 Å². The smallest absolute Gasteiger partial charge is 0.328 e. The molecule has 1 N–H and O–H groups in total. The van der Waals surface area contributed by atoms with Gasteiger partial charge in [0.25, 0.3) is 5.91 Å². The molecule has 0 radical (unpaired) electrons. The lowest BCUT2D eigenvalue weighted by Gasteiger charge is -2.30. The molecule has 2 rings (SSSR count). The number of hydrogen-bond acceptors (Lipinski definition) is 5. The standard InChI is InChI=1S/C21H32N2O5S/c1-5-15(2)19(21(25)28-4)22-20(24)16-10-9-13-18(14-16)29(26,27)23(3)17-11-7-6-8-12-17/h9-10,13-15,17,19H,5-8,11-12H2,1-4H3,(H,22,24)/t15-,19+/m1/s1. The van der Waals surface area contributed by atoms with Crippen LogP contribution in [0.4, 0.5) is 0 Å². The zero-order valence-corrected chi connectivity index (χ0v) is 18.5. The van der Waals surface area contributed by atoms with Crippen molar-refractivity contribution in [1.82, 2.24) is 9.62 Å². The lowest BCUT2D eigenvalue weighted by molar-refractivity contribution is -0.144. The Kier molecular flexibility index (Phi) is 8.22. The Morgan fingerprint density at radius 2 is 1.90 bits per heavy atom. The molecule has 7 nitrogen and oxygen atoms in total. The fourth-order valence-electron chi connectivity index (χ4n) is 3.63. The first-order valence-corrected chi connectivity index (χ1v) is 11.6. The largest absolute Gasteiger partial charge is 0.467 e. The van der Waals surface area contributed by atoms with E-state index in [4.69, 9.17) is 4.74 Å². The number of rotatable bonds is 8. The predicted molar refractivity (Wildman–Crippen MR) is 111 cm³/mol. The van der Waals surface area contributed by atoms with Crippen LogP contribution in [0.25, 0.3) is 0 Å². The lowest BCUT2D eigenvalue weighted by Crippen LogP contribution is -2.45. The average molecular weight is 425 g/mol. The summed E-state index contributed by atoms with van der Waals surface area (Å²) in [7, 11) is -0.822. The fourth-order valence-corrected chi connectivity index (χ4v) is 5.09. The maximum absolute atomic E-state index is 13.1. The van der Waals surface area contributed by atoms with Gasteiger partial charge in [0.2, 0.25) is 10.0 Å². The van der Waals surface area contributed by atoms with Crippen molar-refractivity contribution in [3.8, 4) is 0 Å². The van der Waals surface area contributed by atoms with Gasteiger partial charge in [-0.25, -0.2) is 13.2 Å². The molecule has 0 unspecified atom stereocenters. The number of methoxy groups -OCH3 is 1. The minimum Gasteiger partial charge on any atom is -0.467 e. The number of benzene rings is 1. The highest BCUT2D eigenvalue weighted by atomic mass is 32.2. The van der Waals surface area contributed by atoms with Crippen LogP contribution in [0, 0.1) is 5.92 Å². The molecule has 0 aliphatic heterocycles. The zero-order chi connectivity index (χ0) is 21.6. The van der Waals surface area contributed by atoms with E-state index in [-0.39, 0.29) is 22.4 Å². The molecule has 1 fully saturated rings. The lowest BCUT2D eigenvalue weighted by atomic mass is 9.96. The van der Waals surface area contributed by atoms with Gasteiger partial charge >= 0.3 is 5.97 Å². The van der Waals surface area contributed by atoms with Crippen LogP contribution in [0.2, 0.25) is 0 Å². The van der Waals surface area contributed by atoms with Gasteiger partial charge in [-0.1, -0.05) is 45.6 Å². The van der Waals surface area contributed by atoms with E-state index in [0.29, 0.717) is 6.42 Å². The second-order valence-corrected chi connectivity index (χ2v) is 9.70. The molecule has 8 heteroatoms. The highest BCUT2D eigenvalue weighted by Gasteiger charge is 2.30. The topological polar surface area (TPSA) is 92.8 Å². The van der Waals surface area contributed by atoms with Gasteiger partial charge in [0.1, 0.15) is 6.04 Å². The molecule has 1 aliphatic rings. The monoisotopic (exact) mass is 424 g/mol. The van der Waals surface area contributed by atoms with Gasteiger partial charge in [-0.2, -0.15) is 4.31 Å². The average Bonchev–Trinajstić information content (AvgIpc) is 2.76. The number of ether oxygens (including phenoxy) is 1. The highest BCUT2D eigenvalue weighted by molar-refractivity contribution is 7.89. The van der Waals surface area contributed by atoms with Gasteiger partial charge in [0.15, 0.2) is 0 Å². The van der Waals surface area contributed by atoms with Crippen molar-refractivity contribution in [3.05, 3.63) is 29.8 Å². The molecule has 1 saturated carbocycles. The molecule has 2 atom stereocenters. The quantitative estimate of drug-likeness (QED) is 0.648. The van der Waals surface area contributed by atoms with Crippen LogP contribution >= 0.6 is 0 Å². The summed E-state index contributed by atoms with van der Waals surface area (Å²) in [5.41, 5.74) is 0.195. The number of esters is 1. The van der Waals surface area contributed by atoms with Crippen molar-refractivity contribution in [3.63, 3.8) is 0 Å². The Morgan fingerprint density at radius 1 is 1.24 bits per heavy atom. The summed E-state index contributed by atoms with van der Waals surface area (Å²) < 4.78 is 32.3. The molecular formula is C21H32N2O5S. The molecule has 1 aliphatic carbocycles. The maximum Gasteiger partial charge on any atom is 0.328 e. The van der Waals surface area contributed by atoms with E-state index in [9.17, 15) is 18.0 Å². The van der Waals surface area contributed by atoms with Crippen LogP contribution in [0.1, 0.15) is 62.7 Å². The van der Waals surface area contributed by atoms with Gasteiger partial charge in [0.05, 0.1) is 12.0 Å². The molecule has 1 amide bonds. The van der Waals surface area contributed by atoms with Gasteiger partial charge < -0.3 is 10.1 Å². The number of nitrogens with one attached hydrogen (secondary N) is 1. The summed E-state index contributed by atoms with van der Waals surface area (Å²) in [4.78, 5) is 24.8. The number of amides is 1. The summed E-state index contributed by atoms with van der Waals surface area (Å²) in [5, 5.41) is 2.68. The first-order valence-electron chi connectivity index (χ1n) is 10.2. The maximum atomic E-state index is 13.1. The number of hydrogen-bond donors (Lipinski definition) is 1. The van der Waals surface area contributed by atoms with Crippen molar-refractivity contribution in [2.45, 2.75) is 69.4 Å². The molecule has 1 aromatic carbocycles. The van der Waals surface area contributed by atoms with Gasteiger partial charge in [-0.3, -0.25) is 4.79 Å². The SMILES string of the molecule is CC[C@@H](C)[C@H](NC(=O)c1cccc(S(=O)(=O)N(C)C2CCCCC2)c1)C(=O)OC. The molecule has 0 saturated heterocycles. The predicted octanol–water partition coefficient (Wildman–Crippen LogP) is 2.96. The summed E-state index contributed by atoms with van der Waals surface area (Å²) in [5.74, 6) is -1.14. The molecule has 0 aromatic heterocycles. The van der Waals surface area contributed by atoms with E-state index in [1.165, 1.54) is 23.5 Å². The van der Waals surface area contributed by atoms with Crippen LogP contribution in [-0.2, 0) is 19.6 Å². The molecule has 0 heterocycles. The van der Waals surface area contributed by atoms with Crippen LogP contribution in [0.5, 0.6) is 0 Å². The van der Waals surface area contributed by atoms with Crippen molar-refractivity contribution in [1.29, 1.82) is 0 Å². The summed E-state index contributed by atoms with van der Waals surface area (Å²) in [6, 6.07) is 5.16. The Bertz CT molecular complexity index is 818. The summed E-state index contributed by atoms with van der Waals surface area (Å²) in [6.45, 7) is 3.77. The van der Waals surface area contributed by atoms with E-state index in [0.717, 1.165) is 32.1 Å². The highest BCUT2D eigenvalue weighted by Crippen LogP contribution is 2.26. The van der Waals surface area contributed by atoms with Crippen LogP contribution in [-0.4, -0.2) is 50.8 Å². The fraction of sp³-hybridized carbons (Fsp3) is 0.619. The second kappa shape index (κ2) is 10.2. The van der Waals surface area contributed by atoms with Gasteiger partial charge in [-0.15, -0.1) is 0 Å². The third-order valence-electron chi connectivity index (χ3n) is 5.82. The number of carbonyl (C=O) groups excluding carboxylic acids is 2. The Labute approximate surface area is 173 Å². The summed E-state index contributed by atoms with van der Waals surface area (Å²) >= 11 is 0. The van der Waals surface area contributed by atoms with Gasteiger partial charge in [0, 0.05) is 18.7 Å². The molecule has 1 aromatic rings. The zero-order valence-electron chi connectivity index (χ0n) is 17.7. The van der Waals surface area contributed by atoms with E-state index >= 15 is 0 Å². The van der Waals surface area contributed by atoms with Crippen LogP contribution < -0.4 is 5.32 Å².